The number of Topliss-reactive ketones (excluding diaryl/α,β-unsaturated/α-hetero) is 1. The summed E-state index contributed by atoms with van der Waals surface area (Å²) in [6, 6.07) is 16.3. The molecule has 0 radical (unpaired) electrons. The van der Waals surface area contributed by atoms with E-state index in [1.165, 1.54) is 5.56 Å². The van der Waals surface area contributed by atoms with E-state index in [4.69, 9.17) is 4.74 Å². The first-order valence-corrected chi connectivity index (χ1v) is 11.4. The minimum Gasteiger partial charge on any atom is -0.491 e. The van der Waals surface area contributed by atoms with Gasteiger partial charge in [-0.05, 0) is 62.0 Å². The SMILES string of the molecule is CC(=O)N1CCOc2ccc(C(=O)CCC3CCN(Cc4ccccc4)CC3)cc2C1.Cl. The molecule has 6 heteroatoms. The van der Waals surface area contributed by atoms with Gasteiger partial charge in [-0.2, -0.15) is 0 Å². The van der Waals surface area contributed by atoms with E-state index in [-0.39, 0.29) is 24.1 Å². The third-order valence-corrected chi connectivity index (χ3v) is 6.54. The molecule has 1 fully saturated rings. The van der Waals surface area contributed by atoms with Crippen LogP contribution in [0.25, 0.3) is 0 Å². The molecule has 2 heterocycles. The Kier molecular flexibility index (Phi) is 8.71. The number of rotatable bonds is 6. The normalized spacial score (nSPS) is 17.0. The van der Waals surface area contributed by atoms with Crippen molar-refractivity contribution in [3.05, 3.63) is 65.2 Å². The summed E-state index contributed by atoms with van der Waals surface area (Å²) in [5.41, 5.74) is 3.02. The molecule has 0 aliphatic carbocycles. The maximum atomic E-state index is 12.8. The summed E-state index contributed by atoms with van der Waals surface area (Å²) in [5.74, 6) is 1.62. The number of ketones is 1. The highest BCUT2D eigenvalue weighted by Gasteiger charge is 2.22. The van der Waals surface area contributed by atoms with Gasteiger partial charge in [0.05, 0.1) is 6.54 Å². The molecule has 2 aromatic rings. The average molecular weight is 457 g/mol. The van der Waals surface area contributed by atoms with Crippen LogP contribution in [0.4, 0.5) is 0 Å². The highest BCUT2D eigenvalue weighted by molar-refractivity contribution is 5.96. The van der Waals surface area contributed by atoms with E-state index in [0.29, 0.717) is 32.0 Å². The Morgan fingerprint density at radius 2 is 1.78 bits per heavy atom. The summed E-state index contributed by atoms with van der Waals surface area (Å²) in [7, 11) is 0. The first kappa shape index (κ1) is 24.3. The van der Waals surface area contributed by atoms with Gasteiger partial charge in [0.1, 0.15) is 12.4 Å². The topological polar surface area (TPSA) is 49.9 Å². The highest BCUT2D eigenvalue weighted by atomic mass is 35.5. The quantitative estimate of drug-likeness (QED) is 0.590. The van der Waals surface area contributed by atoms with E-state index in [0.717, 1.165) is 55.8 Å². The number of piperidine rings is 1. The van der Waals surface area contributed by atoms with E-state index in [2.05, 4.69) is 35.2 Å². The number of ether oxygens (including phenoxy) is 1. The van der Waals surface area contributed by atoms with Gasteiger partial charge in [0.25, 0.3) is 0 Å². The number of hydrogen-bond donors (Lipinski definition) is 0. The van der Waals surface area contributed by atoms with E-state index in [9.17, 15) is 9.59 Å². The van der Waals surface area contributed by atoms with Gasteiger partial charge < -0.3 is 9.64 Å². The molecule has 0 aromatic heterocycles. The predicted molar refractivity (Wildman–Crippen MR) is 128 cm³/mol. The van der Waals surface area contributed by atoms with Gasteiger partial charge in [0.2, 0.25) is 5.91 Å². The lowest BCUT2D eigenvalue weighted by atomic mass is 9.90. The molecule has 0 atom stereocenters. The highest BCUT2D eigenvalue weighted by Crippen LogP contribution is 2.27. The zero-order valence-electron chi connectivity index (χ0n) is 18.8. The maximum absolute atomic E-state index is 12.8. The second kappa shape index (κ2) is 11.5. The van der Waals surface area contributed by atoms with Gasteiger partial charge >= 0.3 is 0 Å². The van der Waals surface area contributed by atoms with Crippen LogP contribution in [0.3, 0.4) is 0 Å². The lowest BCUT2D eigenvalue weighted by Gasteiger charge is -2.32. The van der Waals surface area contributed by atoms with E-state index >= 15 is 0 Å². The van der Waals surface area contributed by atoms with Crippen molar-refractivity contribution in [2.75, 3.05) is 26.2 Å². The fourth-order valence-electron chi connectivity index (χ4n) is 4.59. The Morgan fingerprint density at radius 1 is 1.03 bits per heavy atom. The van der Waals surface area contributed by atoms with E-state index < -0.39 is 0 Å². The van der Waals surface area contributed by atoms with Crippen LogP contribution in [0.5, 0.6) is 5.75 Å². The second-order valence-electron chi connectivity index (χ2n) is 8.78. The van der Waals surface area contributed by atoms with Crippen molar-refractivity contribution in [2.24, 2.45) is 5.92 Å². The Morgan fingerprint density at radius 3 is 2.50 bits per heavy atom. The van der Waals surface area contributed by atoms with Crippen LogP contribution < -0.4 is 4.74 Å². The van der Waals surface area contributed by atoms with Gasteiger partial charge in [-0.1, -0.05) is 30.3 Å². The number of hydrogen-bond acceptors (Lipinski definition) is 4. The van der Waals surface area contributed by atoms with Gasteiger partial charge in [0.15, 0.2) is 5.78 Å². The summed E-state index contributed by atoms with van der Waals surface area (Å²) in [6.45, 7) is 6.37. The van der Waals surface area contributed by atoms with Crippen LogP contribution in [-0.4, -0.2) is 47.7 Å². The first-order chi connectivity index (χ1) is 15.1. The molecule has 0 N–H and O–H groups in total. The third kappa shape index (κ3) is 6.33. The summed E-state index contributed by atoms with van der Waals surface area (Å²) < 4.78 is 5.76. The van der Waals surface area contributed by atoms with Crippen LogP contribution in [-0.2, 0) is 17.9 Å². The summed E-state index contributed by atoms with van der Waals surface area (Å²) in [5, 5.41) is 0. The largest absolute Gasteiger partial charge is 0.491 e. The minimum atomic E-state index is 0. The maximum Gasteiger partial charge on any atom is 0.219 e. The Balaban J connectivity index is 0.00000289. The van der Waals surface area contributed by atoms with Crippen molar-refractivity contribution < 1.29 is 14.3 Å². The fourth-order valence-corrected chi connectivity index (χ4v) is 4.59. The van der Waals surface area contributed by atoms with Crippen LogP contribution >= 0.6 is 12.4 Å². The molecule has 0 bridgehead atoms. The van der Waals surface area contributed by atoms with Crippen molar-refractivity contribution in [1.29, 1.82) is 0 Å². The predicted octanol–water partition coefficient (Wildman–Crippen LogP) is 4.72. The lowest BCUT2D eigenvalue weighted by molar-refractivity contribution is -0.129. The van der Waals surface area contributed by atoms with Gasteiger partial charge in [-0.25, -0.2) is 0 Å². The van der Waals surface area contributed by atoms with Crippen LogP contribution in [0.15, 0.2) is 48.5 Å². The number of benzene rings is 2. The van der Waals surface area contributed by atoms with Crippen LogP contribution in [0.2, 0.25) is 0 Å². The standard InChI is InChI=1S/C26H32N2O3.ClH/c1-20(29)28-15-16-31-26-10-8-23(17-24(26)19-28)25(30)9-7-21-11-13-27(14-12-21)18-22-5-3-2-4-6-22;/h2-6,8,10,17,21H,7,9,11-16,18-19H2,1H3;1H. The van der Waals surface area contributed by atoms with E-state index in [1.54, 1.807) is 11.8 Å². The molecule has 0 unspecified atom stereocenters. The molecule has 2 aromatic carbocycles. The van der Waals surface area contributed by atoms with E-state index in [1.807, 2.05) is 18.2 Å². The average Bonchev–Trinajstić information content (AvgIpc) is 3.01. The molecule has 2 aliphatic rings. The Hall–Kier alpha value is -2.37. The number of nitrogens with zero attached hydrogens (tertiary/aromatic N) is 2. The molecule has 172 valence electrons. The number of fused-ring (bicyclic) bond motifs is 1. The zero-order valence-corrected chi connectivity index (χ0v) is 19.6. The number of carbonyl (C=O) groups excluding carboxylic acids is 2. The lowest BCUT2D eigenvalue weighted by Crippen LogP contribution is -2.33. The van der Waals surface area contributed by atoms with Gasteiger partial charge in [-0.15, -0.1) is 12.4 Å². The molecule has 2 aliphatic heterocycles. The van der Waals surface area contributed by atoms with Crippen molar-refractivity contribution in [2.45, 2.75) is 45.7 Å². The fraction of sp³-hybridized carbons (Fsp3) is 0.462. The molecule has 4 rings (SSSR count). The first-order valence-electron chi connectivity index (χ1n) is 11.4. The van der Waals surface area contributed by atoms with Crippen LogP contribution in [0, 0.1) is 5.92 Å². The smallest absolute Gasteiger partial charge is 0.219 e. The van der Waals surface area contributed by atoms with Crippen molar-refractivity contribution in [3.8, 4) is 5.75 Å². The zero-order chi connectivity index (χ0) is 21.6. The monoisotopic (exact) mass is 456 g/mol. The second-order valence-corrected chi connectivity index (χ2v) is 8.78. The Bertz CT molecular complexity index is 911. The third-order valence-electron chi connectivity index (χ3n) is 6.54. The van der Waals surface area contributed by atoms with Crippen molar-refractivity contribution in [3.63, 3.8) is 0 Å². The van der Waals surface area contributed by atoms with Gasteiger partial charge in [-0.3, -0.25) is 14.5 Å². The minimum absolute atomic E-state index is 0. The summed E-state index contributed by atoms with van der Waals surface area (Å²) in [4.78, 5) is 28.9. The Labute approximate surface area is 197 Å². The van der Waals surface area contributed by atoms with Crippen molar-refractivity contribution in [1.82, 2.24) is 9.80 Å². The number of likely N-dealkylation sites (tertiary alicyclic amines) is 1. The van der Waals surface area contributed by atoms with Crippen molar-refractivity contribution >= 4 is 24.1 Å². The number of halogens is 1. The number of carbonyl (C=O) groups is 2. The molecule has 32 heavy (non-hydrogen) atoms. The molecule has 1 saturated heterocycles. The number of amides is 1. The molecule has 0 saturated carbocycles. The molecular weight excluding hydrogens is 424 g/mol. The van der Waals surface area contributed by atoms with Gasteiger partial charge in [0, 0.05) is 37.6 Å². The molecular formula is C26H33ClN2O3. The summed E-state index contributed by atoms with van der Waals surface area (Å²) >= 11 is 0. The summed E-state index contributed by atoms with van der Waals surface area (Å²) in [6.07, 6.45) is 3.85. The molecule has 5 nitrogen and oxygen atoms in total. The molecule has 1 amide bonds. The molecule has 0 spiro atoms. The van der Waals surface area contributed by atoms with Crippen LogP contribution in [0.1, 0.15) is 54.1 Å².